The average Bonchev–Trinajstić information content (AvgIpc) is 2.33. The van der Waals surface area contributed by atoms with Crippen molar-refractivity contribution >= 4 is 5.91 Å². The Bertz CT molecular complexity index is 497. The molecule has 3 N–H and O–H groups in total. The van der Waals surface area contributed by atoms with E-state index >= 15 is 0 Å². The maximum atomic E-state index is 12.3. The quantitative estimate of drug-likeness (QED) is 0.695. The summed E-state index contributed by atoms with van der Waals surface area (Å²) in [4.78, 5) is 24.6. The first-order chi connectivity index (χ1) is 8.86. The number of carbonyl (C=O) groups is 1. The zero-order chi connectivity index (χ0) is 14.5. The predicted molar refractivity (Wildman–Crippen MR) is 62.9 cm³/mol. The second-order valence-electron chi connectivity index (χ2n) is 3.83. The molecule has 0 aliphatic carbocycles. The number of aromatic nitrogens is 1. The molecule has 1 aromatic rings. The predicted octanol–water partition coefficient (Wildman–Crippen LogP) is 0.733. The number of nitrogens with one attached hydrogen (secondary N) is 3. The van der Waals surface area contributed by atoms with E-state index in [-0.39, 0.29) is 5.56 Å². The molecule has 1 amide bonds. The summed E-state index contributed by atoms with van der Waals surface area (Å²) in [5.41, 5.74) is -2.57. The van der Waals surface area contributed by atoms with Crippen LogP contribution in [0.5, 0.6) is 0 Å². The minimum absolute atomic E-state index is 0.333. The molecule has 0 aliphatic heterocycles. The van der Waals surface area contributed by atoms with E-state index in [0.29, 0.717) is 25.6 Å². The summed E-state index contributed by atoms with van der Waals surface area (Å²) in [5, 5.41) is 5.33. The summed E-state index contributed by atoms with van der Waals surface area (Å²) in [6.07, 6.45) is -3.98. The molecule has 0 aliphatic rings. The lowest BCUT2D eigenvalue weighted by molar-refractivity contribution is -0.141. The molecule has 0 saturated carbocycles. The van der Waals surface area contributed by atoms with Crippen molar-refractivity contribution in [1.29, 1.82) is 0 Å². The van der Waals surface area contributed by atoms with Gasteiger partial charge in [0.15, 0.2) is 0 Å². The van der Waals surface area contributed by atoms with Crippen LogP contribution in [-0.4, -0.2) is 31.0 Å². The van der Waals surface area contributed by atoms with Gasteiger partial charge in [0.25, 0.3) is 11.5 Å². The lowest BCUT2D eigenvalue weighted by Gasteiger charge is -2.08. The standard InChI is InChI=1S/C11H14F3N3O2/c1-15-5-2-6-16-9(18)7-3-4-8(11(12,13)14)17-10(7)19/h3-4,15H,2,5-6H2,1H3,(H,16,18)(H,17,19). The summed E-state index contributed by atoms with van der Waals surface area (Å²) >= 11 is 0. The Hall–Kier alpha value is -1.83. The van der Waals surface area contributed by atoms with Crippen molar-refractivity contribution in [3.63, 3.8) is 0 Å². The van der Waals surface area contributed by atoms with Gasteiger partial charge in [0.05, 0.1) is 0 Å². The zero-order valence-electron chi connectivity index (χ0n) is 10.2. The van der Waals surface area contributed by atoms with E-state index in [0.717, 1.165) is 6.07 Å². The summed E-state index contributed by atoms with van der Waals surface area (Å²) in [6, 6.07) is 1.54. The Kier molecular flexibility index (Phi) is 5.11. The number of hydrogen-bond acceptors (Lipinski definition) is 3. The number of amides is 1. The average molecular weight is 277 g/mol. The molecule has 106 valence electrons. The normalized spacial score (nSPS) is 11.4. The molecular weight excluding hydrogens is 263 g/mol. The van der Waals surface area contributed by atoms with Crippen LogP contribution < -0.4 is 16.2 Å². The van der Waals surface area contributed by atoms with Crippen LogP contribution in [0.2, 0.25) is 0 Å². The van der Waals surface area contributed by atoms with Crippen molar-refractivity contribution in [2.45, 2.75) is 12.6 Å². The third-order valence-electron chi connectivity index (χ3n) is 2.35. The highest BCUT2D eigenvalue weighted by Gasteiger charge is 2.32. The molecule has 0 unspecified atom stereocenters. The van der Waals surface area contributed by atoms with Gasteiger partial charge in [-0.05, 0) is 32.1 Å². The lowest BCUT2D eigenvalue weighted by atomic mass is 10.2. The topological polar surface area (TPSA) is 74.0 Å². The number of rotatable bonds is 5. The van der Waals surface area contributed by atoms with Gasteiger partial charge in [-0.3, -0.25) is 9.59 Å². The Balaban J connectivity index is 2.74. The number of pyridine rings is 1. The van der Waals surface area contributed by atoms with Crippen LogP contribution in [0.25, 0.3) is 0 Å². The first-order valence-electron chi connectivity index (χ1n) is 5.59. The minimum atomic E-state index is -4.64. The Morgan fingerprint density at radius 3 is 2.53 bits per heavy atom. The van der Waals surface area contributed by atoms with E-state index in [1.165, 1.54) is 0 Å². The fraction of sp³-hybridized carbons (Fsp3) is 0.455. The maximum absolute atomic E-state index is 12.3. The molecule has 0 spiro atoms. The molecule has 0 aromatic carbocycles. The molecule has 0 atom stereocenters. The van der Waals surface area contributed by atoms with Gasteiger partial charge in [-0.25, -0.2) is 0 Å². The van der Waals surface area contributed by atoms with Crippen LogP contribution in [-0.2, 0) is 6.18 Å². The molecule has 19 heavy (non-hydrogen) atoms. The number of carbonyl (C=O) groups excluding carboxylic acids is 1. The Morgan fingerprint density at radius 1 is 1.32 bits per heavy atom. The van der Waals surface area contributed by atoms with Gasteiger partial charge in [0, 0.05) is 6.54 Å². The zero-order valence-corrected chi connectivity index (χ0v) is 10.2. The van der Waals surface area contributed by atoms with Crippen molar-refractivity contribution < 1.29 is 18.0 Å². The van der Waals surface area contributed by atoms with Gasteiger partial charge >= 0.3 is 6.18 Å². The summed E-state index contributed by atoms with van der Waals surface area (Å²) in [7, 11) is 1.75. The van der Waals surface area contributed by atoms with Gasteiger partial charge in [-0.1, -0.05) is 0 Å². The molecule has 5 nitrogen and oxygen atoms in total. The molecular formula is C11H14F3N3O2. The van der Waals surface area contributed by atoms with Gasteiger partial charge < -0.3 is 15.6 Å². The smallest absolute Gasteiger partial charge is 0.352 e. The van der Waals surface area contributed by atoms with Crippen LogP contribution >= 0.6 is 0 Å². The van der Waals surface area contributed by atoms with Crippen LogP contribution in [0.3, 0.4) is 0 Å². The van der Waals surface area contributed by atoms with Gasteiger partial charge in [0.1, 0.15) is 11.3 Å². The van der Waals surface area contributed by atoms with E-state index in [9.17, 15) is 22.8 Å². The highest BCUT2D eigenvalue weighted by molar-refractivity contribution is 5.93. The third kappa shape index (κ3) is 4.40. The molecule has 0 bridgehead atoms. The van der Waals surface area contributed by atoms with Gasteiger partial charge in [-0.15, -0.1) is 0 Å². The van der Waals surface area contributed by atoms with Crippen LogP contribution in [0.1, 0.15) is 22.5 Å². The highest BCUT2D eigenvalue weighted by Crippen LogP contribution is 2.26. The van der Waals surface area contributed by atoms with E-state index in [1.54, 1.807) is 12.0 Å². The van der Waals surface area contributed by atoms with E-state index in [1.807, 2.05) is 0 Å². The SMILES string of the molecule is CNCCCNC(=O)c1ccc(C(F)(F)F)[nH]c1=O. The van der Waals surface area contributed by atoms with E-state index < -0.39 is 23.3 Å². The first kappa shape index (κ1) is 15.2. The fourth-order valence-electron chi connectivity index (χ4n) is 1.38. The van der Waals surface area contributed by atoms with Crippen molar-refractivity contribution in [3.8, 4) is 0 Å². The summed E-state index contributed by atoms with van der Waals surface area (Å²) in [6.45, 7) is 1.02. The molecule has 8 heteroatoms. The number of halogens is 3. The van der Waals surface area contributed by atoms with Crippen LogP contribution in [0.15, 0.2) is 16.9 Å². The van der Waals surface area contributed by atoms with Crippen molar-refractivity contribution in [1.82, 2.24) is 15.6 Å². The number of hydrogen-bond donors (Lipinski definition) is 3. The van der Waals surface area contributed by atoms with Gasteiger partial charge in [0.2, 0.25) is 0 Å². The lowest BCUT2D eigenvalue weighted by Crippen LogP contribution is -2.32. The maximum Gasteiger partial charge on any atom is 0.431 e. The molecule has 1 heterocycles. The largest absolute Gasteiger partial charge is 0.431 e. The van der Waals surface area contributed by atoms with Crippen LogP contribution in [0, 0.1) is 0 Å². The molecule has 0 radical (unpaired) electrons. The Labute approximate surface area is 107 Å². The number of H-pyrrole nitrogens is 1. The van der Waals surface area contributed by atoms with Crippen molar-refractivity contribution in [2.24, 2.45) is 0 Å². The van der Waals surface area contributed by atoms with Crippen LogP contribution in [0.4, 0.5) is 13.2 Å². The molecule has 0 saturated heterocycles. The molecule has 0 fully saturated rings. The van der Waals surface area contributed by atoms with Crippen molar-refractivity contribution in [2.75, 3.05) is 20.1 Å². The van der Waals surface area contributed by atoms with E-state index in [4.69, 9.17) is 0 Å². The summed E-state index contributed by atoms with van der Waals surface area (Å²) < 4.78 is 36.9. The van der Waals surface area contributed by atoms with E-state index in [2.05, 4.69) is 10.6 Å². The first-order valence-corrected chi connectivity index (χ1v) is 5.59. The number of aromatic amines is 1. The molecule has 1 aromatic heterocycles. The second kappa shape index (κ2) is 6.37. The monoisotopic (exact) mass is 277 g/mol. The third-order valence-corrected chi connectivity index (χ3v) is 2.35. The highest BCUT2D eigenvalue weighted by atomic mass is 19.4. The Morgan fingerprint density at radius 2 is 2.00 bits per heavy atom. The second-order valence-corrected chi connectivity index (χ2v) is 3.83. The van der Waals surface area contributed by atoms with Gasteiger partial charge in [-0.2, -0.15) is 13.2 Å². The fourth-order valence-corrected chi connectivity index (χ4v) is 1.38. The minimum Gasteiger partial charge on any atom is -0.352 e. The summed E-state index contributed by atoms with van der Waals surface area (Å²) in [5.74, 6) is -0.689. The number of alkyl halides is 3. The molecule has 1 rings (SSSR count). The van der Waals surface area contributed by atoms with Crippen molar-refractivity contribution in [3.05, 3.63) is 33.7 Å².